The minimum Gasteiger partial charge on any atom is -0.508 e. The number of hydrogen-bond acceptors (Lipinski definition) is 7. The first-order chi connectivity index (χ1) is 10.1. The summed E-state index contributed by atoms with van der Waals surface area (Å²) in [5, 5.41) is 22.6. The highest BCUT2D eigenvalue weighted by Crippen LogP contribution is 2.20. The number of nitrogens with zero attached hydrogens (tertiary/aromatic N) is 3. The molecule has 0 aliphatic heterocycles. The summed E-state index contributed by atoms with van der Waals surface area (Å²) in [6, 6.07) is 4.12. The fourth-order valence-electron chi connectivity index (χ4n) is 1.70. The maximum atomic E-state index is 11.5. The van der Waals surface area contributed by atoms with Gasteiger partial charge >= 0.3 is 0 Å². The summed E-state index contributed by atoms with van der Waals surface area (Å²) >= 11 is 0. The molecule has 9 heteroatoms. The highest BCUT2D eigenvalue weighted by atomic mass is 16.3. The van der Waals surface area contributed by atoms with Crippen LogP contribution in [0, 0.1) is 0 Å². The second-order valence-corrected chi connectivity index (χ2v) is 4.13. The van der Waals surface area contributed by atoms with Gasteiger partial charge in [-0.15, -0.1) is 0 Å². The summed E-state index contributed by atoms with van der Waals surface area (Å²) in [4.78, 5) is 24.5. The van der Waals surface area contributed by atoms with E-state index in [1.807, 2.05) is 0 Å². The number of hydrogen-bond donors (Lipinski definition) is 5. The van der Waals surface area contributed by atoms with E-state index in [4.69, 9.17) is 0 Å². The molecule has 0 fully saturated rings. The standard InChI is InChI=1S/C12H10N6O3/c19-7-2-1-6(8(20)3-7)4-15-18-12-16-9-10(17-12)13-5-14-11(9)21/h1-5,19-20H,(H3,13,14,16,17,18,21)/b15-4+. The number of fused-ring (bicyclic) bond motifs is 1. The van der Waals surface area contributed by atoms with Gasteiger partial charge < -0.3 is 20.2 Å². The average molecular weight is 286 g/mol. The van der Waals surface area contributed by atoms with E-state index in [0.29, 0.717) is 5.56 Å². The molecule has 0 unspecified atom stereocenters. The van der Waals surface area contributed by atoms with Crippen molar-refractivity contribution in [3.63, 3.8) is 0 Å². The summed E-state index contributed by atoms with van der Waals surface area (Å²) in [6.45, 7) is 0. The number of nitrogens with one attached hydrogen (secondary N) is 3. The molecular weight excluding hydrogens is 276 g/mol. The van der Waals surface area contributed by atoms with E-state index in [-0.39, 0.29) is 34.2 Å². The number of aromatic amines is 2. The van der Waals surface area contributed by atoms with Crippen molar-refractivity contribution in [1.29, 1.82) is 0 Å². The molecule has 21 heavy (non-hydrogen) atoms. The Balaban J connectivity index is 1.81. The second-order valence-electron chi connectivity index (χ2n) is 4.13. The van der Waals surface area contributed by atoms with E-state index in [1.165, 1.54) is 30.7 Å². The van der Waals surface area contributed by atoms with Crippen LogP contribution < -0.4 is 11.0 Å². The normalized spacial score (nSPS) is 11.2. The van der Waals surface area contributed by atoms with Crippen LogP contribution in [0.5, 0.6) is 11.5 Å². The predicted octanol–water partition coefficient (Wildman–Crippen LogP) is 0.503. The smallest absolute Gasteiger partial charge is 0.276 e. The molecule has 0 saturated heterocycles. The molecule has 9 nitrogen and oxygen atoms in total. The molecule has 2 heterocycles. The maximum absolute atomic E-state index is 11.5. The van der Waals surface area contributed by atoms with Gasteiger partial charge in [0.25, 0.3) is 5.56 Å². The third-order valence-corrected chi connectivity index (χ3v) is 2.68. The van der Waals surface area contributed by atoms with Crippen molar-refractivity contribution in [3.8, 4) is 11.5 Å². The number of aromatic nitrogens is 4. The highest BCUT2D eigenvalue weighted by molar-refractivity contribution is 5.84. The molecule has 0 atom stereocenters. The van der Waals surface area contributed by atoms with Crippen LogP contribution in [0.15, 0.2) is 34.4 Å². The first kappa shape index (κ1) is 12.7. The van der Waals surface area contributed by atoms with Gasteiger partial charge in [0.2, 0.25) is 5.95 Å². The Morgan fingerprint density at radius 1 is 1.33 bits per heavy atom. The quantitative estimate of drug-likeness (QED) is 0.351. The summed E-state index contributed by atoms with van der Waals surface area (Å²) in [6.07, 6.45) is 2.60. The van der Waals surface area contributed by atoms with Crippen molar-refractivity contribution in [3.05, 3.63) is 40.4 Å². The number of H-pyrrole nitrogens is 2. The van der Waals surface area contributed by atoms with Crippen LogP contribution in [-0.2, 0) is 0 Å². The van der Waals surface area contributed by atoms with Crippen molar-refractivity contribution < 1.29 is 10.2 Å². The monoisotopic (exact) mass is 286 g/mol. The minimum atomic E-state index is -0.333. The predicted molar refractivity (Wildman–Crippen MR) is 75.5 cm³/mol. The Kier molecular flexibility index (Phi) is 2.99. The summed E-state index contributed by atoms with van der Waals surface area (Å²) in [7, 11) is 0. The van der Waals surface area contributed by atoms with Crippen LogP contribution in [0.3, 0.4) is 0 Å². The van der Waals surface area contributed by atoms with E-state index in [1.54, 1.807) is 0 Å². The first-order valence-electron chi connectivity index (χ1n) is 5.88. The molecule has 2 aromatic heterocycles. The highest BCUT2D eigenvalue weighted by Gasteiger charge is 2.05. The fraction of sp³-hybridized carbons (Fsp3) is 0. The molecule has 0 radical (unpaired) electrons. The number of benzene rings is 1. The number of imidazole rings is 1. The lowest BCUT2D eigenvalue weighted by Gasteiger charge is -1.99. The summed E-state index contributed by atoms with van der Waals surface area (Å²) < 4.78 is 0. The van der Waals surface area contributed by atoms with Crippen molar-refractivity contribution in [2.45, 2.75) is 0 Å². The van der Waals surface area contributed by atoms with Gasteiger partial charge in [0.15, 0.2) is 11.2 Å². The Labute approximate surface area is 117 Å². The molecule has 106 valence electrons. The number of hydrazone groups is 1. The van der Waals surface area contributed by atoms with E-state index >= 15 is 0 Å². The van der Waals surface area contributed by atoms with E-state index in [2.05, 4.69) is 30.5 Å². The van der Waals surface area contributed by atoms with E-state index < -0.39 is 0 Å². The topological polar surface area (TPSA) is 139 Å². The molecule has 0 aliphatic rings. The zero-order chi connectivity index (χ0) is 14.8. The molecule has 3 aromatic rings. The van der Waals surface area contributed by atoms with Crippen molar-refractivity contribution in [2.75, 3.05) is 5.43 Å². The van der Waals surface area contributed by atoms with Gasteiger partial charge in [-0.05, 0) is 12.1 Å². The van der Waals surface area contributed by atoms with Gasteiger partial charge in [0.05, 0.1) is 12.5 Å². The van der Waals surface area contributed by atoms with E-state index in [9.17, 15) is 15.0 Å². The molecule has 0 amide bonds. The molecule has 0 aliphatic carbocycles. The molecule has 0 bridgehead atoms. The largest absolute Gasteiger partial charge is 0.508 e. The molecule has 3 rings (SSSR count). The molecular formula is C12H10N6O3. The number of phenols is 2. The van der Waals surface area contributed by atoms with Crippen molar-refractivity contribution in [2.24, 2.45) is 5.10 Å². The maximum Gasteiger partial charge on any atom is 0.276 e. The Morgan fingerprint density at radius 3 is 2.95 bits per heavy atom. The van der Waals surface area contributed by atoms with Gasteiger partial charge in [-0.2, -0.15) is 10.1 Å². The van der Waals surface area contributed by atoms with Crippen molar-refractivity contribution >= 4 is 23.3 Å². The van der Waals surface area contributed by atoms with Gasteiger partial charge in [-0.1, -0.05) is 0 Å². The van der Waals surface area contributed by atoms with Crippen LogP contribution in [0.4, 0.5) is 5.95 Å². The number of phenolic OH excluding ortho intramolecular Hbond substituents is 2. The minimum absolute atomic E-state index is 0.0415. The summed E-state index contributed by atoms with van der Waals surface area (Å²) in [5.74, 6) is 0.0900. The molecule has 0 saturated carbocycles. The van der Waals surface area contributed by atoms with Gasteiger partial charge in [0, 0.05) is 11.6 Å². The SMILES string of the molecule is O=c1[nH]cnc2nc(N/N=C/c3ccc(O)cc3O)[nH]c12. The van der Waals surface area contributed by atoms with Gasteiger partial charge in [-0.25, -0.2) is 10.4 Å². The molecule has 0 spiro atoms. The Bertz CT molecular complexity index is 882. The lowest BCUT2D eigenvalue weighted by atomic mass is 10.2. The van der Waals surface area contributed by atoms with Crippen LogP contribution in [0.2, 0.25) is 0 Å². The van der Waals surface area contributed by atoms with E-state index in [0.717, 1.165) is 0 Å². The Hall–Kier alpha value is -3.36. The zero-order valence-electron chi connectivity index (χ0n) is 10.5. The fourth-order valence-corrected chi connectivity index (χ4v) is 1.70. The summed E-state index contributed by atoms with van der Waals surface area (Å²) in [5.41, 5.74) is 3.17. The number of rotatable bonds is 3. The lowest BCUT2D eigenvalue weighted by Crippen LogP contribution is -2.05. The van der Waals surface area contributed by atoms with Crippen LogP contribution in [0.1, 0.15) is 5.56 Å². The third-order valence-electron chi connectivity index (χ3n) is 2.68. The number of anilines is 1. The van der Waals surface area contributed by atoms with Gasteiger partial charge in [0.1, 0.15) is 11.5 Å². The third kappa shape index (κ3) is 2.52. The van der Waals surface area contributed by atoms with Crippen molar-refractivity contribution in [1.82, 2.24) is 19.9 Å². The lowest BCUT2D eigenvalue weighted by molar-refractivity contribution is 0.450. The van der Waals surface area contributed by atoms with Crippen LogP contribution in [0.25, 0.3) is 11.2 Å². The van der Waals surface area contributed by atoms with Gasteiger partial charge in [-0.3, -0.25) is 4.79 Å². The first-order valence-corrected chi connectivity index (χ1v) is 5.88. The zero-order valence-corrected chi connectivity index (χ0v) is 10.5. The number of aromatic hydroxyl groups is 2. The van der Waals surface area contributed by atoms with Crippen LogP contribution >= 0.6 is 0 Å². The average Bonchev–Trinajstić information content (AvgIpc) is 2.86. The van der Waals surface area contributed by atoms with Crippen LogP contribution in [-0.4, -0.2) is 36.4 Å². The molecule has 5 N–H and O–H groups in total. The second kappa shape index (κ2) is 4.96. The molecule has 1 aromatic carbocycles. The Morgan fingerprint density at radius 2 is 2.19 bits per heavy atom.